The van der Waals surface area contributed by atoms with Gasteiger partial charge in [-0.15, -0.1) is 11.3 Å². The van der Waals surface area contributed by atoms with Crippen molar-refractivity contribution in [3.8, 4) is 0 Å². The van der Waals surface area contributed by atoms with Crippen LogP contribution in [0.3, 0.4) is 0 Å². The zero-order valence-corrected chi connectivity index (χ0v) is 16.2. The number of aryl methyl sites for hydroxylation is 1. The average Bonchev–Trinajstić information content (AvgIpc) is 3.07. The van der Waals surface area contributed by atoms with Crippen LogP contribution in [0.5, 0.6) is 0 Å². The zero-order valence-electron chi connectivity index (χ0n) is 15.4. The van der Waals surface area contributed by atoms with Crippen LogP contribution < -0.4 is 10.9 Å². The maximum Gasteiger partial charge on any atom is 0.345 e. The number of carbonyl (C=O) groups excluding carboxylic acids is 1. The molecule has 0 fully saturated rings. The third-order valence-corrected chi connectivity index (χ3v) is 5.60. The van der Waals surface area contributed by atoms with Gasteiger partial charge in [0.15, 0.2) is 0 Å². The van der Waals surface area contributed by atoms with Crippen LogP contribution in [-0.4, -0.2) is 37.5 Å². The first-order valence-corrected chi connectivity index (χ1v) is 9.75. The van der Waals surface area contributed by atoms with Crippen molar-refractivity contribution in [3.63, 3.8) is 0 Å². The van der Waals surface area contributed by atoms with Gasteiger partial charge in [-0.25, -0.2) is 4.79 Å². The molecular weight excluding hydrogens is 348 g/mol. The molecule has 0 unspecified atom stereocenters. The molecule has 0 aliphatic carbocycles. The fourth-order valence-electron chi connectivity index (χ4n) is 2.91. The molecule has 5 nitrogen and oxygen atoms in total. The van der Waals surface area contributed by atoms with Gasteiger partial charge in [0.2, 0.25) is 0 Å². The largest absolute Gasteiger partial charge is 0.422 e. The number of unbranched alkanes of at least 4 members (excludes halogenated alkanes) is 1. The summed E-state index contributed by atoms with van der Waals surface area (Å²) >= 11 is 1.34. The lowest BCUT2D eigenvalue weighted by molar-refractivity contribution is 0.0954. The van der Waals surface area contributed by atoms with Crippen molar-refractivity contribution in [3.05, 3.63) is 45.1 Å². The number of hydrogen-bond donors (Lipinski definition) is 1. The Morgan fingerprint density at radius 2 is 2.04 bits per heavy atom. The smallest absolute Gasteiger partial charge is 0.345 e. The Balaban J connectivity index is 1.79. The fraction of sp³-hybridized carbons (Fsp3) is 0.400. The first-order valence-electron chi connectivity index (χ1n) is 8.93. The lowest BCUT2D eigenvalue weighted by atomic mass is 10.1. The van der Waals surface area contributed by atoms with Crippen LogP contribution in [-0.2, 0) is 0 Å². The predicted molar refractivity (Wildman–Crippen MR) is 107 cm³/mol. The molecular formula is C20H24N2O3S. The van der Waals surface area contributed by atoms with Crippen LogP contribution >= 0.6 is 11.3 Å². The lowest BCUT2D eigenvalue weighted by Gasteiger charge is -2.15. The average molecular weight is 372 g/mol. The van der Waals surface area contributed by atoms with Crippen LogP contribution in [0.15, 0.2) is 33.5 Å². The molecule has 0 aliphatic rings. The van der Waals surface area contributed by atoms with Gasteiger partial charge in [-0.1, -0.05) is 25.0 Å². The van der Waals surface area contributed by atoms with Crippen molar-refractivity contribution in [2.24, 2.45) is 0 Å². The highest BCUT2D eigenvalue weighted by Crippen LogP contribution is 2.31. The van der Waals surface area contributed by atoms with E-state index in [-0.39, 0.29) is 5.91 Å². The molecule has 0 spiro atoms. The molecule has 3 rings (SSSR count). The van der Waals surface area contributed by atoms with E-state index >= 15 is 0 Å². The van der Waals surface area contributed by atoms with Crippen LogP contribution in [0.1, 0.15) is 35.0 Å². The molecule has 0 atom stereocenters. The van der Waals surface area contributed by atoms with Gasteiger partial charge in [0, 0.05) is 18.5 Å². The second-order valence-electron chi connectivity index (χ2n) is 6.66. The molecule has 1 aromatic carbocycles. The summed E-state index contributed by atoms with van der Waals surface area (Å²) in [6, 6.07) is 7.34. The van der Waals surface area contributed by atoms with Crippen molar-refractivity contribution in [1.82, 2.24) is 10.2 Å². The standard InChI is InChI=1S/C20H24N2O3S/c1-4-5-9-22(3)10-8-21-19(23)17-12-15-18(26-17)14-11-13(2)6-7-16(14)25-20(15)24/h6-7,11-12H,4-5,8-10H2,1-3H3,(H,21,23). The second-order valence-corrected chi connectivity index (χ2v) is 7.71. The van der Waals surface area contributed by atoms with E-state index in [1.807, 2.05) is 19.1 Å². The van der Waals surface area contributed by atoms with Crippen LogP contribution in [0, 0.1) is 6.92 Å². The molecule has 0 radical (unpaired) electrons. The molecule has 1 N–H and O–H groups in total. The van der Waals surface area contributed by atoms with Crippen molar-refractivity contribution in [1.29, 1.82) is 0 Å². The summed E-state index contributed by atoms with van der Waals surface area (Å²) in [4.78, 5) is 27.4. The van der Waals surface area contributed by atoms with E-state index in [0.717, 1.165) is 41.6 Å². The number of carbonyl (C=O) groups is 1. The molecule has 2 heterocycles. The molecule has 0 saturated carbocycles. The third kappa shape index (κ3) is 3.97. The number of thiophene rings is 1. The molecule has 0 bridgehead atoms. The van der Waals surface area contributed by atoms with Crippen molar-refractivity contribution < 1.29 is 9.21 Å². The van der Waals surface area contributed by atoms with Gasteiger partial charge < -0.3 is 14.6 Å². The molecule has 3 aromatic rings. The molecule has 26 heavy (non-hydrogen) atoms. The Morgan fingerprint density at radius 3 is 2.81 bits per heavy atom. The molecule has 2 aromatic heterocycles. The van der Waals surface area contributed by atoms with Gasteiger partial charge in [-0.3, -0.25) is 4.79 Å². The first-order chi connectivity index (χ1) is 12.5. The maximum absolute atomic E-state index is 12.5. The highest BCUT2D eigenvalue weighted by atomic mass is 32.1. The molecule has 6 heteroatoms. The number of hydrogen-bond acceptors (Lipinski definition) is 5. The van der Waals surface area contributed by atoms with Crippen molar-refractivity contribution in [2.45, 2.75) is 26.7 Å². The predicted octanol–water partition coefficient (Wildman–Crippen LogP) is 3.78. The van der Waals surface area contributed by atoms with Crippen molar-refractivity contribution >= 4 is 38.3 Å². The molecule has 0 saturated heterocycles. The summed E-state index contributed by atoms with van der Waals surface area (Å²) in [5.74, 6) is -0.143. The van der Waals surface area contributed by atoms with E-state index in [0.29, 0.717) is 22.4 Å². The highest BCUT2D eigenvalue weighted by Gasteiger charge is 2.16. The Hall–Kier alpha value is -2.18. The Bertz CT molecular complexity index is 990. The summed E-state index contributed by atoms with van der Waals surface area (Å²) in [6.45, 7) is 6.58. The monoisotopic (exact) mass is 372 g/mol. The quantitative estimate of drug-likeness (QED) is 0.641. The minimum Gasteiger partial charge on any atom is -0.422 e. The summed E-state index contributed by atoms with van der Waals surface area (Å²) in [5.41, 5.74) is 1.24. The highest BCUT2D eigenvalue weighted by molar-refractivity contribution is 7.21. The number of benzene rings is 1. The van der Waals surface area contributed by atoms with Gasteiger partial charge in [0.1, 0.15) is 5.58 Å². The summed E-state index contributed by atoms with van der Waals surface area (Å²) in [5, 5.41) is 4.29. The van der Waals surface area contributed by atoms with Gasteiger partial charge in [0.05, 0.1) is 15.0 Å². The van der Waals surface area contributed by atoms with Gasteiger partial charge in [0.25, 0.3) is 5.91 Å². The normalized spacial score (nSPS) is 11.5. The number of likely N-dealkylation sites (N-methyl/N-ethyl adjacent to an activating group) is 1. The SMILES string of the molecule is CCCCN(C)CCNC(=O)c1cc2c(=O)oc3ccc(C)cc3c2s1. The summed E-state index contributed by atoms with van der Waals surface area (Å²) in [7, 11) is 2.06. The maximum atomic E-state index is 12.5. The third-order valence-electron chi connectivity index (χ3n) is 4.43. The van der Waals surface area contributed by atoms with E-state index in [1.54, 1.807) is 12.1 Å². The van der Waals surface area contributed by atoms with Gasteiger partial charge >= 0.3 is 5.63 Å². The van der Waals surface area contributed by atoms with E-state index in [9.17, 15) is 9.59 Å². The molecule has 1 amide bonds. The number of nitrogens with zero attached hydrogens (tertiary/aromatic N) is 1. The minimum absolute atomic E-state index is 0.143. The van der Waals surface area contributed by atoms with Crippen LogP contribution in [0.2, 0.25) is 0 Å². The van der Waals surface area contributed by atoms with Gasteiger partial charge in [-0.2, -0.15) is 0 Å². The van der Waals surface area contributed by atoms with E-state index in [2.05, 4.69) is 24.2 Å². The Kier molecular flexibility index (Phi) is 5.74. The van der Waals surface area contributed by atoms with Crippen LogP contribution in [0.25, 0.3) is 21.1 Å². The number of fused-ring (bicyclic) bond motifs is 3. The Morgan fingerprint density at radius 1 is 1.23 bits per heavy atom. The molecule has 0 aliphatic heterocycles. The van der Waals surface area contributed by atoms with Crippen LogP contribution in [0.4, 0.5) is 0 Å². The second kappa shape index (κ2) is 8.01. The summed E-state index contributed by atoms with van der Waals surface area (Å²) in [6.07, 6.45) is 2.32. The van der Waals surface area contributed by atoms with Gasteiger partial charge in [-0.05, 0) is 45.1 Å². The lowest BCUT2D eigenvalue weighted by Crippen LogP contribution is -2.33. The fourth-order valence-corrected chi connectivity index (χ4v) is 3.99. The molecule has 138 valence electrons. The number of amides is 1. The Labute approximate surface area is 156 Å². The van der Waals surface area contributed by atoms with E-state index in [4.69, 9.17) is 4.42 Å². The van der Waals surface area contributed by atoms with E-state index < -0.39 is 5.63 Å². The van der Waals surface area contributed by atoms with E-state index in [1.165, 1.54) is 11.3 Å². The topological polar surface area (TPSA) is 62.6 Å². The number of rotatable bonds is 7. The minimum atomic E-state index is -0.397. The summed E-state index contributed by atoms with van der Waals surface area (Å²) < 4.78 is 6.20. The first kappa shape index (κ1) is 18.6. The zero-order chi connectivity index (χ0) is 18.7. The van der Waals surface area contributed by atoms with Crippen molar-refractivity contribution in [2.75, 3.05) is 26.7 Å². The number of nitrogens with one attached hydrogen (secondary N) is 1.